The Balaban J connectivity index is 2.00. The summed E-state index contributed by atoms with van der Waals surface area (Å²) < 4.78 is 10.8. The molecule has 1 aliphatic rings. The Labute approximate surface area is 96.9 Å². The number of hydrogen-bond donors (Lipinski definition) is 1. The summed E-state index contributed by atoms with van der Waals surface area (Å²) in [5.41, 5.74) is 0. The van der Waals surface area contributed by atoms with Crippen LogP contribution in [0.4, 0.5) is 0 Å². The van der Waals surface area contributed by atoms with Crippen LogP contribution in [0.2, 0.25) is 0 Å². The molecule has 0 aromatic rings. The first-order valence-corrected chi connectivity index (χ1v) is 6.05. The molecule has 1 aliphatic heterocycles. The first-order valence-electron chi connectivity index (χ1n) is 6.05. The van der Waals surface area contributed by atoms with Crippen LogP contribution in [0.5, 0.6) is 0 Å². The van der Waals surface area contributed by atoms with Crippen LogP contribution in [0.25, 0.3) is 0 Å². The van der Waals surface area contributed by atoms with E-state index in [1.807, 2.05) is 0 Å². The van der Waals surface area contributed by atoms with E-state index in [4.69, 9.17) is 14.6 Å². The molecule has 2 unspecified atom stereocenters. The van der Waals surface area contributed by atoms with Crippen molar-refractivity contribution in [3.8, 4) is 0 Å². The predicted octanol–water partition coefficient (Wildman–Crippen LogP) is 2.07. The summed E-state index contributed by atoms with van der Waals surface area (Å²) in [6.07, 6.45) is 2.98. The van der Waals surface area contributed by atoms with Crippen LogP contribution in [-0.4, -0.2) is 36.5 Å². The van der Waals surface area contributed by atoms with Gasteiger partial charge in [0.05, 0.1) is 12.7 Å². The lowest BCUT2D eigenvalue weighted by Crippen LogP contribution is -2.22. The molecule has 16 heavy (non-hydrogen) atoms. The van der Waals surface area contributed by atoms with Gasteiger partial charge in [0.15, 0.2) is 6.10 Å². The average Bonchev–Trinajstić information content (AvgIpc) is 2.65. The predicted molar refractivity (Wildman–Crippen MR) is 60.4 cm³/mol. The van der Waals surface area contributed by atoms with Gasteiger partial charge in [0.1, 0.15) is 0 Å². The topological polar surface area (TPSA) is 55.8 Å². The third-order valence-corrected chi connectivity index (χ3v) is 2.76. The van der Waals surface area contributed by atoms with Crippen molar-refractivity contribution in [3.63, 3.8) is 0 Å². The monoisotopic (exact) mass is 230 g/mol. The number of hydrogen-bond acceptors (Lipinski definition) is 3. The highest BCUT2D eigenvalue weighted by atomic mass is 16.6. The molecule has 1 rings (SSSR count). The van der Waals surface area contributed by atoms with Gasteiger partial charge >= 0.3 is 5.97 Å². The molecule has 0 radical (unpaired) electrons. The highest BCUT2D eigenvalue weighted by molar-refractivity contribution is 5.72. The van der Waals surface area contributed by atoms with E-state index in [0.29, 0.717) is 18.9 Å². The van der Waals surface area contributed by atoms with Gasteiger partial charge in [-0.05, 0) is 31.6 Å². The molecule has 0 saturated carbocycles. The number of carboxylic acids is 1. The maximum Gasteiger partial charge on any atom is 0.332 e. The van der Waals surface area contributed by atoms with E-state index in [9.17, 15) is 4.79 Å². The summed E-state index contributed by atoms with van der Waals surface area (Å²) in [7, 11) is 0. The normalized spacial score (nSPS) is 25.2. The molecule has 1 fully saturated rings. The minimum atomic E-state index is -0.859. The third kappa shape index (κ3) is 4.94. The molecule has 4 nitrogen and oxygen atoms in total. The van der Waals surface area contributed by atoms with Crippen LogP contribution in [0.15, 0.2) is 0 Å². The van der Waals surface area contributed by atoms with Crippen LogP contribution < -0.4 is 0 Å². The zero-order valence-electron chi connectivity index (χ0n) is 10.1. The number of rotatable bonds is 7. The summed E-state index contributed by atoms with van der Waals surface area (Å²) in [5, 5.41) is 8.74. The Kier molecular flexibility index (Phi) is 5.77. The summed E-state index contributed by atoms with van der Waals surface area (Å²) in [5.74, 6) is -0.148. The van der Waals surface area contributed by atoms with Crippen molar-refractivity contribution < 1.29 is 19.4 Å². The lowest BCUT2D eigenvalue weighted by molar-refractivity contribution is -0.150. The Morgan fingerprint density at radius 3 is 2.81 bits per heavy atom. The fraction of sp³-hybridized carbons (Fsp3) is 0.917. The Bertz CT molecular complexity index is 215. The highest BCUT2D eigenvalue weighted by Crippen LogP contribution is 2.20. The third-order valence-electron chi connectivity index (χ3n) is 2.76. The van der Waals surface area contributed by atoms with Gasteiger partial charge in [-0.3, -0.25) is 0 Å². The van der Waals surface area contributed by atoms with E-state index in [2.05, 4.69) is 13.8 Å². The second-order valence-electron chi connectivity index (χ2n) is 4.77. The second kappa shape index (κ2) is 6.86. The summed E-state index contributed by atoms with van der Waals surface area (Å²) >= 11 is 0. The lowest BCUT2D eigenvalue weighted by atomic mass is 10.1. The first kappa shape index (κ1) is 13.5. The molecule has 1 N–H and O–H groups in total. The van der Waals surface area contributed by atoms with Crippen LogP contribution in [0.3, 0.4) is 0 Å². The number of aliphatic carboxylic acids is 1. The van der Waals surface area contributed by atoms with E-state index in [1.165, 1.54) is 6.42 Å². The maximum atomic E-state index is 10.6. The smallest absolute Gasteiger partial charge is 0.332 e. The van der Waals surface area contributed by atoms with Gasteiger partial charge in [0.25, 0.3) is 0 Å². The minimum absolute atomic E-state index is 0.0276. The fourth-order valence-corrected chi connectivity index (χ4v) is 1.82. The Morgan fingerprint density at radius 1 is 1.50 bits per heavy atom. The van der Waals surface area contributed by atoms with E-state index in [1.54, 1.807) is 0 Å². The summed E-state index contributed by atoms with van der Waals surface area (Å²) in [6.45, 7) is 5.66. The van der Waals surface area contributed by atoms with Gasteiger partial charge in [-0.15, -0.1) is 0 Å². The van der Waals surface area contributed by atoms with Crippen molar-refractivity contribution in [2.45, 2.75) is 51.7 Å². The van der Waals surface area contributed by atoms with Crippen molar-refractivity contribution >= 4 is 5.97 Å². The molecule has 4 heteroatoms. The second-order valence-corrected chi connectivity index (χ2v) is 4.77. The molecule has 0 bridgehead atoms. The minimum Gasteiger partial charge on any atom is -0.479 e. The lowest BCUT2D eigenvalue weighted by Gasteiger charge is -2.12. The Morgan fingerprint density at radius 2 is 2.25 bits per heavy atom. The quantitative estimate of drug-likeness (QED) is 0.680. The van der Waals surface area contributed by atoms with Crippen LogP contribution in [0, 0.1) is 5.92 Å². The van der Waals surface area contributed by atoms with Crippen molar-refractivity contribution in [1.29, 1.82) is 0 Å². The zero-order chi connectivity index (χ0) is 12.0. The van der Waals surface area contributed by atoms with Crippen LogP contribution in [-0.2, 0) is 14.3 Å². The van der Waals surface area contributed by atoms with Gasteiger partial charge in [-0.1, -0.05) is 13.8 Å². The van der Waals surface area contributed by atoms with E-state index >= 15 is 0 Å². The molecule has 0 amide bonds. The van der Waals surface area contributed by atoms with Crippen LogP contribution in [0.1, 0.15) is 39.5 Å². The maximum absolute atomic E-state index is 10.6. The molecule has 1 heterocycles. The van der Waals surface area contributed by atoms with E-state index in [0.717, 1.165) is 19.4 Å². The number of ether oxygens (including phenoxy) is 2. The summed E-state index contributed by atoms with van der Waals surface area (Å²) in [6, 6.07) is 0. The molecule has 1 saturated heterocycles. The molecule has 0 aromatic carbocycles. The fourth-order valence-electron chi connectivity index (χ4n) is 1.82. The van der Waals surface area contributed by atoms with Gasteiger partial charge in [0.2, 0.25) is 0 Å². The van der Waals surface area contributed by atoms with Crippen molar-refractivity contribution in [2.24, 2.45) is 5.92 Å². The molecule has 0 aromatic heterocycles. The largest absolute Gasteiger partial charge is 0.479 e. The molecular formula is C12H22O4. The highest BCUT2D eigenvalue weighted by Gasteiger charge is 2.30. The van der Waals surface area contributed by atoms with Gasteiger partial charge in [0, 0.05) is 6.61 Å². The zero-order valence-corrected chi connectivity index (χ0v) is 10.1. The van der Waals surface area contributed by atoms with Crippen molar-refractivity contribution in [2.75, 3.05) is 13.2 Å². The SMILES string of the molecule is CC(C)CCCOCC1CCC(C(=O)O)O1. The molecule has 94 valence electrons. The Hall–Kier alpha value is -0.610. The molecule has 0 spiro atoms. The van der Waals surface area contributed by atoms with Gasteiger partial charge in [-0.2, -0.15) is 0 Å². The average molecular weight is 230 g/mol. The number of carboxylic acid groups (broad SMARTS) is 1. The van der Waals surface area contributed by atoms with Gasteiger partial charge in [-0.25, -0.2) is 4.79 Å². The summed E-state index contributed by atoms with van der Waals surface area (Å²) in [4.78, 5) is 10.6. The van der Waals surface area contributed by atoms with E-state index in [-0.39, 0.29) is 6.10 Å². The first-order chi connectivity index (χ1) is 7.59. The van der Waals surface area contributed by atoms with Gasteiger partial charge < -0.3 is 14.6 Å². The number of carbonyl (C=O) groups is 1. The molecule has 0 aliphatic carbocycles. The van der Waals surface area contributed by atoms with Crippen LogP contribution >= 0.6 is 0 Å². The molecule has 2 atom stereocenters. The van der Waals surface area contributed by atoms with E-state index < -0.39 is 12.1 Å². The van der Waals surface area contributed by atoms with Crippen molar-refractivity contribution in [3.05, 3.63) is 0 Å². The van der Waals surface area contributed by atoms with Crippen molar-refractivity contribution in [1.82, 2.24) is 0 Å². The molecular weight excluding hydrogens is 208 g/mol. The standard InChI is InChI=1S/C12H22O4/c1-9(2)4-3-7-15-8-10-5-6-11(16-10)12(13)14/h9-11H,3-8H2,1-2H3,(H,13,14).